The molecule has 0 unspecified atom stereocenters. The molecular weight excluding hydrogens is 378 g/mol. The molecule has 1 saturated heterocycles. The molecule has 0 radical (unpaired) electrons. The predicted molar refractivity (Wildman–Crippen MR) is 116 cm³/mol. The summed E-state index contributed by atoms with van der Waals surface area (Å²) in [6, 6.07) is 20.8. The second-order valence-electron chi connectivity index (χ2n) is 7.68. The minimum absolute atomic E-state index is 0.298. The van der Waals surface area contributed by atoms with Gasteiger partial charge in [0.05, 0.1) is 12.6 Å². The average molecular weight is 403 g/mol. The first kappa shape index (κ1) is 20.1. The van der Waals surface area contributed by atoms with Gasteiger partial charge >= 0.3 is 6.03 Å². The van der Waals surface area contributed by atoms with E-state index < -0.39 is 5.79 Å². The molecule has 2 N–H and O–H groups in total. The number of amides is 2. The molecule has 1 fully saturated rings. The van der Waals surface area contributed by atoms with Gasteiger partial charge in [-0.05, 0) is 48.7 Å². The zero-order valence-electron chi connectivity index (χ0n) is 17.0. The van der Waals surface area contributed by atoms with Crippen LogP contribution in [0.1, 0.15) is 25.5 Å². The predicted octanol–water partition coefficient (Wildman–Crippen LogP) is 4.76. The maximum absolute atomic E-state index is 12.6. The van der Waals surface area contributed by atoms with Gasteiger partial charge in [0.25, 0.3) is 0 Å². The summed E-state index contributed by atoms with van der Waals surface area (Å²) < 4.78 is 11.9. The maximum atomic E-state index is 12.6. The van der Waals surface area contributed by atoms with Crippen LogP contribution in [0.2, 0.25) is 0 Å². The second-order valence-corrected chi connectivity index (χ2v) is 7.68. The maximum Gasteiger partial charge on any atom is 0.319 e. The Morgan fingerprint density at radius 1 is 1.00 bits per heavy atom. The quantitative estimate of drug-likeness (QED) is 0.659. The van der Waals surface area contributed by atoms with Crippen LogP contribution in [0.15, 0.2) is 79.1 Å². The minimum atomic E-state index is -0.711. The second kappa shape index (κ2) is 8.65. The highest BCUT2D eigenvalue weighted by Gasteiger charge is 2.38. The molecule has 0 spiro atoms. The van der Waals surface area contributed by atoms with Gasteiger partial charge in [0, 0.05) is 18.1 Å². The van der Waals surface area contributed by atoms with E-state index in [0.717, 1.165) is 16.7 Å². The van der Waals surface area contributed by atoms with Crippen LogP contribution in [0, 0.1) is 0 Å². The van der Waals surface area contributed by atoms with E-state index in [1.54, 1.807) is 6.20 Å². The van der Waals surface area contributed by atoms with Crippen molar-refractivity contribution in [3.05, 3.63) is 84.7 Å². The van der Waals surface area contributed by atoms with E-state index in [4.69, 9.17) is 9.47 Å². The average Bonchev–Trinajstić information content (AvgIpc) is 2.76. The summed E-state index contributed by atoms with van der Waals surface area (Å²) in [5.74, 6) is -0.711. The number of benzene rings is 2. The molecule has 1 aliphatic rings. The van der Waals surface area contributed by atoms with E-state index in [1.807, 2.05) is 86.8 Å². The van der Waals surface area contributed by atoms with E-state index in [2.05, 4.69) is 15.6 Å². The normalized spacial score (nSPS) is 20.3. The lowest BCUT2D eigenvalue weighted by Crippen LogP contribution is -2.52. The third-order valence-electron chi connectivity index (χ3n) is 4.97. The van der Waals surface area contributed by atoms with Crippen molar-refractivity contribution in [1.82, 2.24) is 10.3 Å². The van der Waals surface area contributed by atoms with Crippen LogP contribution in [0.5, 0.6) is 0 Å². The van der Waals surface area contributed by atoms with Crippen molar-refractivity contribution >= 4 is 11.7 Å². The Bertz CT molecular complexity index is 976. The zero-order chi connectivity index (χ0) is 21.0. The number of hydrogen-bond donors (Lipinski definition) is 2. The summed E-state index contributed by atoms with van der Waals surface area (Å²) in [5.41, 5.74) is 3.77. The summed E-state index contributed by atoms with van der Waals surface area (Å²) >= 11 is 0. The SMILES string of the molecule is CC1(C)OC[C@H](NC(=O)Nc2ccc(-c3cccnc3)cc2)[C@@H](c2ccccc2)O1. The number of anilines is 1. The fourth-order valence-corrected chi connectivity index (χ4v) is 3.48. The Kier molecular flexibility index (Phi) is 5.79. The van der Waals surface area contributed by atoms with E-state index >= 15 is 0 Å². The number of carbonyl (C=O) groups excluding carboxylic acids is 1. The lowest BCUT2D eigenvalue weighted by atomic mass is 10.0. The molecule has 154 valence electrons. The van der Waals surface area contributed by atoms with Crippen LogP contribution in [-0.4, -0.2) is 29.5 Å². The van der Waals surface area contributed by atoms with Crippen molar-refractivity contribution < 1.29 is 14.3 Å². The van der Waals surface area contributed by atoms with Crippen molar-refractivity contribution in [3.63, 3.8) is 0 Å². The molecule has 30 heavy (non-hydrogen) atoms. The van der Waals surface area contributed by atoms with Crippen molar-refractivity contribution in [2.75, 3.05) is 11.9 Å². The number of urea groups is 1. The standard InChI is InChI=1S/C24H25N3O3/c1-24(2)29-16-21(22(30-24)18-7-4-3-5-8-18)27-23(28)26-20-12-10-17(11-13-20)19-9-6-14-25-15-19/h3-15,21-22H,16H2,1-2H3,(H2,26,27,28)/t21-,22+/m0/s1. The number of ether oxygens (including phenoxy) is 2. The van der Waals surface area contributed by atoms with Gasteiger partial charge in [0.2, 0.25) is 0 Å². The first-order chi connectivity index (χ1) is 14.5. The Morgan fingerprint density at radius 3 is 2.47 bits per heavy atom. The highest BCUT2D eigenvalue weighted by molar-refractivity contribution is 5.89. The van der Waals surface area contributed by atoms with Crippen LogP contribution in [-0.2, 0) is 9.47 Å². The molecule has 2 aromatic carbocycles. The van der Waals surface area contributed by atoms with Crippen LogP contribution < -0.4 is 10.6 Å². The monoisotopic (exact) mass is 403 g/mol. The summed E-state index contributed by atoms with van der Waals surface area (Å²) in [5, 5.41) is 5.87. The molecule has 0 saturated carbocycles. The molecule has 2 atom stereocenters. The van der Waals surface area contributed by atoms with Gasteiger partial charge < -0.3 is 20.1 Å². The summed E-state index contributed by atoms with van der Waals surface area (Å²) in [6.45, 7) is 4.12. The van der Waals surface area contributed by atoms with Crippen molar-refractivity contribution in [1.29, 1.82) is 0 Å². The zero-order valence-corrected chi connectivity index (χ0v) is 17.0. The fourth-order valence-electron chi connectivity index (χ4n) is 3.48. The smallest absolute Gasteiger partial charge is 0.319 e. The number of nitrogens with zero attached hydrogens (tertiary/aromatic N) is 1. The van der Waals surface area contributed by atoms with Gasteiger partial charge in [-0.15, -0.1) is 0 Å². The van der Waals surface area contributed by atoms with Crippen molar-refractivity contribution in [2.24, 2.45) is 0 Å². The van der Waals surface area contributed by atoms with Gasteiger partial charge in [-0.2, -0.15) is 0 Å². The third kappa shape index (κ3) is 4.84. The molecule has 6 nitrogen and oxygen atoms in total. The topological polar surface area (TPSA) is 72.5 Å². The number of aromatic nitrogens is 1. The van der Waals surface area contributed by atoms with Crippen LogP contribution in [0.4, 0.5) is 10.5 Å². The molecule has 2 amide bonds. The number of carbonyl (C=O) groups is 1. The minimum Gasteiger partial charge on any atom is -0.348 e. The number of pyridine rings is 1. The van der Waals surface area contributed by atoms with E-state index in [9.17, 15) is 4.79 Å². The highest BCUT2D eigenvalue weighted by atomic mass is 16.7. The van der Waals surface area contributed by atoms with Gasteiger partial charge in [-0.25, -0.2) is 4.79 Å². The molecule has 4 rings (SSSR count). The number of nitrogens with one attached hydrogen (secondary N) is 2. The molecule has 0 aliphatic carbocycles. The van der Waals surface area contributed by atoms with Gasteiger partial charge in [-0.3, -0.25) is 4.98 Å². The molecular formula is C24H25N3O3. The first-order valence-corrected chi connectivity index (χ1v) is 9.95. The molecule has 1 aliphatic heterocycles. The van der Waals surface area contributed by atoms with Gasteiger partial charge in [0.15, 0.2) is 5.79 Å². The lowest BCUT2D eigenvalue weighted by molar-refractivity contribution is -0.284. The molecule has 2 heterocycles. The summed E-state index contributed by atoms with van der Waals surface area (Å²) in [6.07, 6.45) is 3.25. The van der Waals surface area contributed by atoms with Gasteiger partial charge in [0.1, 0.15) is 6.10 Å². The molecule has 3 aromatic rings. The molecule has 1 aromatic heterocycles. The van der Waals surface area contributed by atoms with Crippen LogP contribution >= 0.6 is 0 Å². The first-order valence-electron chi connectivity index (χ1n) is 9.95. The van der Waals surface area contributed by atoms with E-state index in [-0.39, 0.29) is 18.2 Å². The van der Waals surface area contributed by atoms with Crippen molar-refractivity contribution in [2.45, 2.75) is 31.8 Å². The molecule has 0 bridgehead atoms. The Morgan fingerprint density at radius 2 is 1.77 bits per heavy atom. The van der Waals surface area contributed by atoms with Crippen LogP contribution in [0.25, 0.3) is 11.1 Å². The highest BCUT2D eigenvalue weighted by Crippen LogP contribution is 2.33. The third-order valence-corrected chi connectivity index (χ3v) is 4.97. The van der Waals surface area contributed by atoms with E-state index in [0.29, 0.717) is 12.3 Å². The Balaban J connectivity index is 1.42. The Labute approximate surface area is 176 Å². The van der Waals surface area contributed by atoms with Crippen molar-refractivity contribution in [3.8, 4) is 11.1 Å². The van der Waals surface area contributed by atoms with Crippen LogP contribution in [0.3, 0.4) is 0 Å². The van der Waals surface area contributed by atoms with E-state index in [1.165, 1.54) is 0 Å². The van der Waals surface area contributed by atoms with Gasteiger partial charge in [-0.1, -0.05) is 48.5 Å². The number of hydrogen-bond acceptors (Lipinski definition) is 4. The Hall–Kier alpha value is -3.22. The fraction of sp³-hybridized carbons (Fsp3) is 0.250. The molecule has 6 heteroatoms. The summed E-state index contributed by atoms with van der Waals surface area (Å²) in [7, 11) is 0. The lowest BCUT2D eigenvalue weighted by Gasteiger charge is -2.41. The largest absolute Gasteiger partial charge is 0.348 e. The summed E-state index contributed by atoms with van der Waals surface area (Å²) in [4.78, 5) is 16.8. The number of rotatable bonds is 4.